The zero-order valence-corrected chi connectivity index (χ0v) is 12.7. The van der Waals surface area contributed by atoms with Crippen LogP contribution < -0.4 is 5.32 Å². The van der Waals surface area contributed by atoms with Gasteiger partial charge in [0.1, 0.15) is 0 Å². The second-order valence-electron chi connectivity index (χ2n) is 4.12. The van der Waals surface area contributed by atoms with E-state index in [0.29, 0.717) is 5.02 Å². The van der Waals surface area contributed by atoms with Crippen molar-refractivity contribution in [2.75, 3.05) is 0 Å². The molecule has 1 amide bonds. The van der Waals surface area contributed by atoms with Crippen LogP contribution in [0.5, 0.6) is 0 Å². The number of rotatable bonds is 3. The third-order valence-corrected chi connectivity index (χ3v) is 3.40. The highest BCUT2D eigenvalue weighted by molar-refractivity contribution is 6.34. The quantitative estimate of drug-likeness (QED) is 0.927. The van der Waals surface area contributed by atoms with Crippen molar-refractivity contribution in [2.24, 2.45) is 0 Å². The first-order valence-corrected chi connectivity index (χ1v) is 6.86. The summed E-state index contributed by atoms with van der Waals surface area (Å²) in [5, 5.41) is 10.7. The average molecular weight is 331 g/mol. The largest absolute Gasteiger partial charge is 0.345 e. The number of carbonyl (C=O) groups excluding carboxylic acids is 1. The lowest BCUT2D eigenvalue weighted by Crippen LogP contribution is -2.27. The molecule has 0 aliphatic heterocycles. The van der Waals surface area contributed by atoms with E-state index >= 15 is 0 Å². The van der Waals surface area contributed by atoms with Crippen molar-refractivity contribution in [3.8, 4) is 0 Å². The van der Waals surface area contributed by atoms with Crippen LogP contribution in [0.1, 0.15) is 28.9 Å². The first-order valence-electron chi connectivity index (χ1n) is 5.72. The van der Waals surface area contributed by atoms with Gasteiger partial charge < -0.3 is 5.32 Å². The molecule has 1 N–H and O–H groups in total. The molecule has 1 aromatic heterocycles. The summed E-state index contributed by atoms with van der Waals surface area (Å²) >= 11 is 17.4. The van der Waals surface area contributed by atoms with Crippen LogP contribution in [0, 0.1) is 0 Å². The molecule has 2 rings (SSSR count). The van der Waals surface area contributed by atoms with Crippen LogP contribution in [0.2, 0.25) is 15.3 Å². The lowest BCUT2D eigenvalue weighted by molar-refractivity contribution is 0.0939. The Hall–Kier alpha value is -1.36. The van der Waals surface area contributed by atoms with Gasteiger partial charge in [-0.15, -0.1) is 10.2 Å². The van der Waals surface area contributed by atoms with E-state index in [-0.39, 0.29) is 27.8 Å². The Bertz CT molecular complexity index is 631. The highest BCUT2D eigenvalue weighted by atomic mass is 35.5. The molecule has 7 heteroatoms. The summed E-state index contributed by atoms with van der Waals surface area (Å²) in [5.41, 5.74) is 1.11. The number of carbonyl (C=O) groups is 1. The maximum atomic E-state index is 12.1. The van der Waals surface area contributed by atoms with E-state index in [4.69, 9.17) is 34.8 Å². The Labute approximate surface area is 131 Å². The molecule has 0 aliphatic carbocycles. The third kappa shape index (κ3) is 3.60. The molecule has 4 nitrogen and oxygen atoms in total. The lowest BCUT2D eigenvalue weighted by atomic mass is 10.1. The van der Waals surface area contributed by atoms with Crippen LogP contribution in [-0.2, 0) is 0 Å². The molecule has 2 aromatic rings. The molecule has 20 heavy (non-hydrogen) atoms. The van der Waals surface area contributed by atoms with Gasteiger partial charge in [-0.25, -0.2) is 0 Å². The predicted molar refractivity (Wildman–Crippen MR) is 79.4 cm³/mol. The molecule has 0 saturated carbocycles. The number of benzene rings is 1. The van der Waals surface area contributed by atoms with Crippen molar-refractivity contribution in [3.63, 3.8) is 0 Å². The standard InChI is InChI=1S/C13H10Cl3N3O/c1-7(8-2-4-9(14)5-3-8)17-13(20)10-6-11(15)18-19-12(10)16/h2-7H,1H3,(H,17,20). The molecule has 0 radical (unpaired) electrons. The van der Waals surface area contributed by atoms with Gasteiger partial charge in [-0.3, -0.25) is 4.79 Å². The van der Waals surface area contributed by atoms with E-state index in [2.05, 4.69) is 15.5 Å². The molecule has 1 atom stereocenters. The smallest absolute Gasteiger partial charge is 0.255 e. The van der Waals surface area contributed by atoms with Gasteiger partial charge in [-0.05, 0) is 30.7 Å². The first-order chi connectivity index (χ1) is 9.47. The summed E-state index contributed by atoms with van der Waals surface area (Å²) in [5.74, 6) is -0.366. The summed E-state index contributed by atoms with van der Waals surface area (Å²) < 4.78 is 0. The molecular formula is C13H10Cl3N3O. The molecule has 0 spiro atoms. The number of hydrogen-bond donors (Lipinski definition) is 1. The summed E-state index contributed by atoms with van der Waals surface area (Å²) in [4.78, 5) is 12.1. The molecule has 0 saturated heterocycles. The van der Waals surface area contributed by atoms with Crippen LogP contribution >= 0.6 is 34.8 Å². The Morgan fingerprint density at radius 3 is 2.45 bits per heavy atom. The number of amides is 1. The fraction of sp³-hybridized carbons (Fsp3) is 0.154. The second kappa shape index (κ2) is 6.39. The van der Waals surface area contributed by atoms with Crippen molar-refractivity contribution in [3.05, 3.63) is 56.8 Å². The molecule has 1 heterocycles. The SMILES string of the molecule is CC(NC(=O)c1cc(Cl)nnc1Cl)c1ccc(Cl)cc1. The Morgan fingerprint density at radius 1 is 1.15 bits per heavy atom. The second-order valence-corrected chi connectivity index (χ2v) is 5.30. The summed E-state index contributed by atoms with van der Waals surface area (Å²) in [7, 11) is 0. The zero-order valence-electron chi connectivity index (χ0n) is 10.4. The maximum absolute atomic E-state index is 12.1. The van der Waals surface area contributed by atoms with Crippen LogP contribution in [0.4, 0.5) is 0 Å². The number of nitrogens with zero attached hydrogens (tertiary/aromatic N) is 2. The molecular weight excluding hydrogens is 321 g/mol. The zero-order chi connectivity index (χ0) is 14.7. The van der Waals surface area contributed by atoms with E-state index in [1.807, 2.05) is 19.1 Å². The minimum Gasteiger partial charge on any atom is -0.345 e. The minimum atomic E-state index is -0.366. The topological polar surface area (TPSA) is 54.9 Å². The van der Waals surface area contributed by atoms with Gasteiger partial charge in [0.2, 0.25) is 0 Å². The maximum Gasteiger partial charge on any atom is 0.255 e. The van der Waals surface area contributed by atoms with Gasteiger partial charge in [-0.2, -0.15) is 0 Å². The molecule has 0 fully saturated rings. The van der Waals surface area contributed by atoms with Gasteiger partial charge >= 0.3 is 0 Å². The van der Waals surface area contributed by atoms with E-state index < -0.39 is 0 Å². The molecule has 1 unspecified atom stereocenters. The molecule has 104 valence electrons. The van der Waals surface area contributed by atoms with Gasteiger partial charge in [0.05, 0.1) is 11.6 Å². The fourth-order valence-electron chi connectivity index (χ4n) is 1.62. The van der Waals surface area contributed by atoms with Gasteiger partial charge in [0, 0.05) is 5.02 Å². The van der Waals surface area contributed by atoms with E-state index in [0.717, 1.165) is 5.56 Å². The van der Waals surface area contributed by atoms with Crippen LogP contribution in [-0.4, -0.2) is 16.1 Å². The predicted octanol–water partition coefficient (Wildman–Crippen LogP) is 3.93. The Kier molecular flexibility index (Phi) is 4.81. The van der Waals surface area contributed by atoms with Crippen LogP contribution in [0.25, 0.3) is 0 Å². The van der Waals surface area contributed by atoms with Crippen molar-refractivity contribution in [1.29, 1.82) is 0 Å². The number of halogens is 3. The Morgan fingerprint density at radius 2 is 1.80 bits per heavy atom. The normalized spacial score (nSPS) is 12.0. The summed E-state index contributed by atoms with van der Waals surface area (Å²) in [6, 6.07) is 8.37. The molecule has 0 bridgehead atoms. The number of aromatic nitrogens is 2. The molecule has 0 aliphatic rings. The van der Waals surface area contributed by atoms with E-state index in [1.165, 1.54) is 6.07 Å². The van der Waals surface area contributed by atoms with Gasteiger partial charge in [0.25, 0.3) is 5.91 Å². The highest BCUT2D eigenvalue weighted by Crippen LogP contribution is 2.19. The van der Waals surface area contributed by atoms with Gasteiger partial charge in [-0.1, -0.05) is 46.9 Å². The van der Waals surface area contributed by atoms with E-state index in [1.54, 1.807) is 12.1 Å². The summed E-state index contributed by atoms with van der Waals surface area (Å²) in [6.45, 7) is 1.85. The van der Waals surface area contributed by atoms with Crippen molar-refractivity contribution in [1.82, 2.24) is 15.5 Å². The Balaban J connectivity index is 2.15. The van der Waals surface area contributed by atoms with Crippen LogP contribution in [0.3, 0.4) is 0 Å². The lowest BCUT2D eigenvalue weighted by Gasteiger charge is -2.14. The van der Waals surface area contributed by atoms with Crippen molar-refractivity contribution in [2.45, 2.75) is 13.0 Å². The third-order valence-electron chi connectivity index (χ3n) is 2.68. The van der Waals surface area contributed by atoms with Crippen LogP contribution in [0.15, 0.2) is 30.3 Å². The first kappa shape index (κ1) is 15.0. The fourth-order valence-corrected chi connectivity index (χ4v) is 2.07. The monoisotopic (exact) mass is 329 g/mol. The average Bonchev–Trinajstić information content (AvgIpc) is 2.42. The van der Waals surface area contributed by atoms with Gasteiger partial charge in [0.15, 0.2) is 10.3 Å². The molecule has 1 aromatic carbocycles. The number of nitrogens with one attached hydrogen (secondary N) is 1. The minimum absolute atomic E-state index is 0.00945. The summed E-state index contributed by atoms with van der Waals surface area (Å²) in [6.07, 6.45) is 0. The number of hydrogen-bond acceptors (Lipinski definition) is 3. The van der Waals surface area contributed by atoms with E-state index in [9.17, 15) is 4.79 Å². The van der Waals surface area contributed by atoms with Crippen molar-refractivity contribution < 1.29 is 4.79 Å². The van der Waals surface area contributed by atoms with Crippen molar-refractivity contribution >= 4 is 40.7 Å². The highest BCUT2D eigenvalue weighted by Gasteiger charge is 2.16.